The second-order valence-corrected chi connectivity index (χ2v) is 6.66. The molecule has 0 heterocycles. The lowest BCUT2D eigenvalue weighted by Crippen LogP contribution is -1.98. The lowest BCUT2D eigenvalue weighted by molar-refractivity contribution is -0.253. The Morgan fingerprint density at radius 3 is 2.40 bits per heavy atom. The van der Waals surface area contributed by atoms with Crippen molar-refractivity contribution in [3.8, 4) is 0 Å². The van der Waals surface area contributed by atoms with Crippen LogP contribution in [0.3, 0.4) is 0 Å². The van der Waals surface area contributed by atoms with Crippen molar-refractivity contribution >= 4 is 21.6 Å². The molecule has 0 atom stereocenters. The highest BCUT2D eigenvalue weighted by Gasteiger charge is 2.03. The maximum absolute atomic E-state index is 10.9. The second kappa shape index (κ2) is 5.50. The van der Waals surface area contributed by atoms with Gasteiger partial charge in [-0.05, 0) is 17.7 Å². The van der Waals surface area contributed by atoms with Crippen molar-refractivity contribution in [3.63, 3.8) is 0 Å². The molecule has 0 saturated carbocycles. The molecule has 0 aliphatic heterocycles. The van der Waals surface area contributed by atoms with E-state index in [2.05, 4.69) is 4.89 Å². The minimum Gasteiger partial charge on any atom is -0.251 e. The Bertz CT molecular complexity index is 397. The van der Waals surface area contributed by atoms with E-state index < -0.39 is 9.84 Å². The first-order valence-electron chi connectivity index (χ1n) is 4.17. The van der Waals surface area contributed by atoms with Gasteiger partial charge in [-0.25, -0.2) is 13.3 Å². The highest BCUT2D eigenvalue weighted by Crippen LogP contribution is 2.19. The fourth-order valence-electron chi connectivity index (χ4n) is 0.932. The molecule has 0 radical (unpaired) electrons. The van der Waals surface area contributed by atoms with Crippen LogP contribution in [-0.4, -0.2) is 25.0 Å². The highest BCUT2D eigenvalue weighted by molar-refractivity contribution is 8.12. The van der Waals surface area contributed by atoms with Crippen LogP contribution in [0.2, 0.25) is 0 Å². The summed E-state index contributed by atoms with van der Waals surface area (Å²) in [4.78, 5) is 4.86. The number of rotatable bonds is 5. The monoisotopic (exact) mass is 248 g/mol. The van der Waals surface area contributed by atoms with Crippen LogP contribution in [-0.2, 0) is 21.3 Å². The van der Waals surface area contributed by atoms with Crippen LogP contribution in [0.25, 0.3) is 0 Å². The van der Waals surface area contributed by atoms with Gasteiger partial charge in [0.2, 0.25) is 0 Å². The number of benzene rings is 1. The van der Waals surface area contributed by atoms with Crippen LogP contribution in [0, 0.1) is 0 Å². The van der Waals surface area contributed by atoms with Gasteiger partial charge in [0.05, 0.1) is 0 Å². The summed E-state index contributed by atoms with van der Waals surface area (Å²) in [6.45, 7) is 0.136. The molecule has 4 nitrogen and oxygen atoms in total. The fraction of sp³-hybridized carbons (Fsp3) is 0.333. The first kappa shape index (κ1) is 12.5. The maximum atomic E-state index is 10.9. The Hall–Kier alpha value is -0.560. The normalized spacial score (nSPS) is 11.6. The summed E-state index contributed by atoms with van der Waals surface area (Å²) in [6, 6.07) is 7.15. The predicted octanol–water partition coefficient (Wildman–Crippen LogP) is 1.77. The largest absolute Gasteiger partial charge is 0.251 e. The molecule has 0 bridgehead atoms. The zero-order chi connectivity index (χ0) is 11.3. The summed E-state index contributed by atoms with van der Waals surface area (Å²) in [7, 11) is -2.94. The van der Waals surface area contributed by atoms with Crippen molar-refractivity contribution in [3.05, 3.63) is 29.8 Å². The molecule has 0 aliphatic carbocycles. The fourth-order valence-corrected chi connectivity index (χ4v) is 2.66. The van der Waals surface area contributed by atoms with Crippen LogP contribution >= 0.6 is 11.8 Å². The molecule has 0 fully saturated rings. The third-order valence-corrected chi connectivity index (χ3v) is 4.38. The van der Waals surface area contributed by atoms with Gasteiger partial charge in [-0.2, -0.15) is 0 Å². The third-order valence-electron chi connectivity index (χ3n) is 1.59. The average Bonchev–Trinajstić information content (AvgIpc) is 2.16. The van der Waals surface area contributed by atoms with E-state index in [1.807, 2.05) is 0 Å². The molecule has 84 valence electrons. The van der Waals surface area contributed by atoms with Gasteiger partial charge in [0.1, 0.15) is 11.7 Å². The van der Waals surface area contributed by atoms with Gasteiger partial charge >= 0.3 is 0 Å². The Morgan fingerprint density at radius 2 is 1.93 bits per heavy atom. The van der Waals surface area contributed by atoms with E-state index in [0.29, 0.717) is 0 Å². The number of thioether (sulfide) groups is 1. The zero-order valence-electron chi connectivity index (χ0n) is 8.21. The van der Waals surface area contributed by atoms with E-state index in [-0.39, 0.29) is 11.7 Å². The summed E-state index contributed by atoms with van der Waals surface area (Å²) in [5.74, 6) is 0. The molecule has 0 spiro atoms. The molecular formula is C9H12O4S2. The van der Waals surface area contributed by atoms with Crippen molar-refractivity contribution in [2.75, 3.05) is 11.3 Å². The van der Waals surface area contributed by atoms with Crippen molar-refractivity contribution in [1.29, 1.82) is 0 Å². The number of hydrogen-bond acceptors (Lipinski definition) is 5. The molecule has 6 heteroatoms. The van der Waals surface area contributed by atoms with E-state index in [4.69, 9.17) is 5.26 Å². The maximum Gasteiger partial charge on any atom is 0.157 e. The Kier molecular flexibility index (Phi) is 4.59. The molecular weight excluding hydrogens is 236 g/mol. The predicted molar refractivity (Wildman–Crippen MR) is 59.4 cm³/mol. The van der Waals surface area contributed by atoms with Crippen molar-refractivity contribution in [1.82, 2.24) is 0 Å². The van der Waals surface area contributed by atoms with Gasteiger partial charge in [-0.3, -0.25) is 5.26 Å². The summed E-state index contributed by atoms with van der Waals surface area (Å²) < 4.78 is 21.8. The van der Waals surface area contributed by atoms with Gasteiger partial charge in [0, 0.05) is 11.2 Å². The quantitative estimate of drug-likeness (QED) is 0.489. The van der Waals surface area contributed by atoms with Crippen LogP contribution in [0.1, 0.15) is 5.56 Å². The van der Waals surface area contributed by atoms with E-state index in [9.17, 15) is 8.42 Å². The lowest BCUT2D eigenvalue weighted by Gasteiger charge is -2.01. The van der Waals surface area contributed by atoms with Crippen molar-refractivity contribution < 1.29 is 18.6 Å². The molecule has 1 rings (SSSR count). The molecule has 0 amide bonds. The Balaban J connectivity index is 2.57. The van der Waals surface area contributed by atoms with Crippen LogP contribution < -0.4 is 0 Å². The van der Waals surface area contributed by atoms with Crippen molar-refractivity contribution in [2.45, 2.75) is 11.5 Å². The topological polar surface area (TPSA) is 63.6 Å². The van der Waals surface area contributed by atoms with Gasteiger partial charge in [-0.1, -0.05) is 12.1 Å². The Morgan fingerprint density at radius 1 is 1.33 bits per heavy atom. The molecule has 1 N–H and O–H groups in total. The summed E-state index contributed by atoms with van der Waals surface area (Å²) in [5.41, 5.74) is 0.834. The van der Waals surface area contributed by atoms with Crippen LogP contribution in [0.4, 0.5) is 0 Å². The van der Waals surface area contributed by atoms with Gasteiger partial charge in [0.15, 0.2) is 9.84 Å². The second-order valence-electron chi connectivity index (χ2n) is 3.11. The van der Waals surface area contributed by atoms with Crippen LogP contribution in [0.15, 0.2) is 29.2 Å². The molecule has 15 heavy (non-hydrogen) atoms. The molecule has 0 aliphatic rings. The summed E-state index contributed by atoms with van der Waals surface area (Å²) in [5, 5.41) is 8.29. The summed E-state index contributed by atoms with van der Waals surface area (Å²) in [6.07, 6.45) is 1.20. The van der Waals surface area contributed by atoms with Gasteiger partial charge in [-0.15, -0.1) is 11.8 Å². The first-order valence-corrected chi connectivity index (χ1v) is 7.22. The van der Waals surface area contributed by atoms with E-state index in [1.54, 1.807) is 24.3 Å². The average molecular weight is 248 g/mol. The third kappa shape index (κ3) is 5.17. The minimum absolute atomic E-state index is 0.0723. The minimum atomic E-state index is -2.94. The standard InChI is InChI=1S/C9H12O4S2/c1-15(11,12)7-14-9-4-2-8(3-5-9)6-13-10/h2-5,10H,6-7H2,1H3. The zero-order valence-corrected chi connectivity index (χ0v) is 9.85. The molecule has 0 saturated heterocycles. The van der Waals surface area contributed by atoms with Crippen molar-refractivity contribution in [2.24, 2.45) is 0 Å². The molecule has 0 unspecified atom stereocenters. The lowest BCUT2D eigenvalue weighted by atomic mass is 10.2. The number of sulfone groups is 1. The Labute approximate surface area is 93.1 Å². The van der Waals surface area contributed by atoms with Crippen LogP contribution in [0.5, 0.6) is 0 Å². The first-order chi connectivity index (χ1) is 7.01. The van der Waals surface area contributed by atoms with E-state index in [1.165, 1.54) is 18.0 Å². The smallest absolute Gasteiger partial charge is 0.157 e. The highest BCUT2D eigenvalue weighted by atomic mass is 32.3. The van der Waals surface area contributed by atoms with Gasteiger partial charge in [0.25, 0.3) is 0 Å². The summed E-state index contributed by atoms with van der Waals surface area (Å²) >= 11 is 1.26. The molecule has 0 aromatic heterocycles. The number of hydrogen-bond donors (Lipinski definition) is 1. The molecule has 1 aromatic carbocycles. The van der Waals surface area contributed by atoms with E-state index in [0.717, 1.165) is 10.5 Å². The molecule has 1 aromatic rings. The SMILES string of the molecule is CS(=O)(=O)CSc1ccc(COO)cc1. The van der Waals surface area contributed by atoms with E-state index >= 15 is 0 Å². The van der Waals surface area contributed by atoms with Gasteiger partial charge < -0.3 is 0 Å².